The van der Waals surface area contributed by atoms with Gasteiger partial charge in [-0.1, -0.05) is 12.1 Å². The van der Waals surface area contributed by atoms with Crippen LogP contribution in [0.15, 0.2) is 35.7 Å². The molecule has 1 amide bonds. The molecule has 0 aliphatic rings. The first-order chi connectivity index (χ1) is 8.68. The number of halogens is 2. The van der Waals surface area contributed by atoms with Crippen molar-refractivity contribution in [1.82, 2.24) is 5.32 Å². The van der Waals surface area contributed by atoms with Gasteiger partial charge in [0.2, 0.25) is 0 Å². The summed E-state index contributed by atoms with van der Waals surface area (Å²) in [4.78, 5) is 12.7. The van der Waals surface area contributed by atoms with Crippen LogP contribution in [0.1, 0.15) is 15.2 Å². The maximum Gasteiger partial charge on any atom is 0.257 e. The largest absolute Gasteiger partial charge is 0.351 e. The summed E-state index contributed by atoms with van der Waals surface area (Å²) in [5, 5.41) is 4.44. The fourth-order valence-corrected chi connectivity index (χ4v) is 2.27. The van der Waals surface area contributed by atoms with E-state index >= 15 is 0 Å². The summed E-state index contributed by atoms with van der Waals surface area (Å²) in [6.07, 6.45) is 0.652. The topological polar surface area (TPSA) is 29.1 Å². The number of rotatable bonds is 4. The number of hydrogen-bond donors (Lipinski definition) is 1. The van der Waals surface area contributed by atoms with Gasteiger partial charge in [0.25, 0.3) is 5.91 Å². The molecule has 0 aliphatic carbocycles. The van der Waals surface area contributed by atoms with Gasteiger partial charge in [-0.25, -0.2) is 8.78 Å². The summed E-state index contributed by atoms with van der Waals surface area (Å²) < 4.78 is 26.6. The van der Waals surface area contributed by atoms with Gasteiger partial charge in [0.05, 0.1) is 0 Å². The Morgan fingerprint density at radius 2 is 1.89 bits per heavy atom. The van der Waals surface area contributed by atoms with Crippen LogP contribution in [0.4, 0.5) is 8.78 Å². The smallest absolute Gasteiger partial charge is 0.257 e. The third-order valence-electron chi connectivity index (χ3n) is 2.43. The van der Waals surface area contributed by atoms with Crippen molar-refractivity contribution < 1.29 is 13.6 Å². The van der Waals surface area contributed by atoms with Crippen molar-refractivity contribution in [3.8, 4) is 0 Å². The zero-order chi connectivity index (χ0) is 13.0. The third-order valence-corrected chi connectivity index (χ3v) is 3.36. The number of thiophene rings is 1. The maximum atomic E-state index is 13.3. The van der Waals surface area contributed by atoms with E-state index in [9.17, 15) is 13.6 Å². The zero-order valence-electron chi connectivity index (χ0n) is 9.45. The average molecular weight is 267 g/mol. The molecule has 1 heterocycles. The molecule has 1 aromatic carbocycles. The summed E-state index contributed by atoms with van der Waals surface area (Å²) in [5.74, 6) is -2.41. The lowest BCUT2D eigenvalue weighted by molar-refractivity contribution is 0.0946. The molecule has 1 N–H and O–H groups in total. The van der Waals surface area contributed by atoms with Crippen molar-refractivity contribution in [1.29, 1.82) is 0 Å². The molecule has 5 heteroatoms. The second-order valence-electron chi connectivity index (χ2n) is 3.68. The number of benzene rings is 1. The Labute approximate surface area is 107 Å². The highest BCUT2D eigenvalue weighted by Crippen LogP contribution is 2.12. The van der Waals surface area contributed by atoms with Gasteiger partial charge < -0.3 is 5.32 Å². The fraction of sp³-hybridized carbons (Fsp3) is 0.154. The minimum atomic E-state index is -0.844. The summed E-state index contributed by atoms with van der Waals surface area (Å²) in [6.45, 7) is 0.354. The van der Waals surface area contributed by atoms with Crippen LogP contribution < -0.4 is 5.32 Å². The Balaban J connectivity index is 1.96. The molecule has 0 bridgehead atoms. The summed E-state index contributed by atoms with van der Waals surface area (Å²) >= 11 is 1.58. The summed E-state index contributed by atoms with van der Waals surface area (Å²) in [5.41, 5.74) is -0.524. The van der Waals surface area contributed by atoms with E-state index in [0.29, 0.717) is 13.0 Å². The van der Waals surface area contributed by atoms with E-state index < -0.39 is 23.1 Å². The zero-order valence-corrected chi connectivity index (χ0v) is 10.3. The predicted molar refractivity (Wildman–Crippen MR) is 66.7 cm³/mol. The van der Waals surface area contributed by atoms with E-state index in [2.05, 4.69) is 5.32 Å². The average Bonchev–Trinajstić information content (AvgIpc) is 2.82. The lowest BCUT2D eigenvalue weighted by Crippen LogP contribution is -2.27. The normalized spacial score (nSPS) is 10.3. The van der Waals surface area contributed by atoms with E-state index in [4.69, 9.17) is 0 Å². The van der Waals surface area contributed by atoms with Crippen LogP contribution in [0.5, 0.6) is 0 Å². The standard InChI is InChI=1S/C13H11F2NOS/c14-10-4-1-5-11(15)12(10)13(17)16-7-6-9-3-2-8-18-9/h1-5,8H,6-7H2,(H,16,17). The van der Waals surface area contributed by atoms with Crippen LogP contribution in [-0.2, 0) is 6.42 Å². The molecular formula is C13H11F2NOS. The predicted octanol–water partition coefficient (Wildman–Crippen LogP) is 3.00. The monoisotopic (exact) mass is 267 g/mol. The second kappa shape index (κ2) is 5.73. The fourth-order valence-electron chi connectivity index (χ4n) is 1.56. The molecule has 94 valence electrons. The number of hydrogen-bond acceptors (Lipinski definition) is 2. The van der Waals surface area contributed by atoms with Gasteiger partial charge in [-0.2, -0.15) is 0 Å². The van der Waals surface area contributed by atoms with Gasteiger partial charge in [0.15, 0.2) is 0 Å². The van der Waals surface area contributed by atoms with Crippen LogP contribution in [0.25, 0.3) is 0 Å². The molecular weight excluding hydrogens is 256 g/mol. The number of amides is 1. The summed E-state index contributed by atoms with van der Waals surface area (Å²) in [6, 6.07) is 7.22. The van der Waals surface area contributed by atoms with E-state index in [1.165, 1.54) is 6.07 Å². The molecule has 0 saturated heterocycles. The third kappa shape index (κ3) is 2.92. The molecule has 0 spiro atoms. The maximum absolute atomic E-state index is 13.3. The molecule has 0 fully saturated rings. The van der Waals surface area contributed by atoms with Crippen molar-refractivity contribution in [3.63, 3.8) is 0 Å². The van der Waals surface area contributed by atoms with E-state index in [0.717, 1.165) is 17.0 Å². The van der Waals surface area contributed by atoms with Crippen molar-refractivity contribution in [2.24, 2.45) is 0 Å². The molecule has 0 atom stereocenters. The van der Waals surface area contributed by atoms with Crippen LogP contribution in [0.2, 0.25) is 0 Å². The lowest BCUT2D eigenvalue weighted by atomic mass is 10.2. The SMILES string of the molecule is O=C(NCCc1cccs1)c1c(F)cccc1F. The van der Waals surface area contributed by atoms with Crippen molar-refractivity contribution in [2.45, 2.75) is 6.42 Å². The Morgan fingerprint density at radius 3 is 2.50 bits per heavy atom. The number of carbonyl (C=O) groups excluding carboxylic acids is 1. The molecule has 2 rings (SSSR count). The van der Waals surface area contributed by atoms with Crippen LogP contribution in [0.3, 0.4) is 0 Å². The first-order valence-corrected chi connectivity index (χ1v) is 6.31. The van der Waals surface area contributed by atoms with E-state index in [1.807, 2.05) is 17.5 Å². The summed E-state index contributed by atoms with van der Waals surface area (Å²) in [7, 11) is 0. The molecule has 0 saturated carbocycles. The molecule has 2 aromatic rings. The molecule has 0 unspecified atom stereocenters. The van der Waals surface area contributed by atoms with Gasteiger partial charge in [-0.15, -0.1) is 11.3 Å². The van der Waals surface area contributed by atoms with Crippen molar-refractivity contribution in [3.05, 3.63) is 57.8 Å². The van der Waals surface area contributed by atoms with Crippen LogP contribution in [-0.4, -0.2) is 12.5 Å². The number of nitrogens with one attached hydrogen (secondary N) is 1. The van der Waals surface area contributed by atoms with Crippen LogP contribution >= 0.6 is 11.3 Å². The Kier molecular flexibility index (Phi) is 4.04. The first kappa shape index (κ1) is 12.7. The minimum Gasteiger partial charge on any atom is -0.351 e. The van der Waals surface area contributed by atoms with E-state index in [1.54, 1.807) is 11.3 Å². The van der Waals surface area contributed by atoms with Gasteiger partial charge in [-0.05, 0) is 30.0 Å². The van der Waals surface area contributed by atoms with Gasteiger partial charge in [0, 0.05) is 11.4 Å². The highest BCUT2D eigenvalue weighted by molar-refractivity contribution is 7.09. The number of carbonyl (C=O) groups is 1. The minimum absolute atomic E-state index is 0.354. The molecule has 1 aromatic heterocycles. The molecule has 2 nitrogen and oxygen atoms in total. The van der Waals surface area contributed by atoms with Crippen molar-refractivity contribution in [2.75, 3.05) is 6.54 Å². The van der Waals surface area contributed by atoms with Crippen molar-refractivity contribution >= 4 is 17.2 Å². The molecule has 0 aliphatic heterocycles. The van der Waals surface area contributed by atoms with Gasteiger partial charge >= 0.3 is 0 Å². The first-order valence-electron chi connectivity index (χ1n) is 5.43. The molecule has 0 radical (unpaired) electrons. The Hall–Kier alpha value is -1.75. The second-order valence-corrected chi connectivity index (χ2v) is 4.71. The molecule has 18 heavy (non-hydrogen) atoms. The Morgan fingerprint density at radius 1 is 1.17 bits per heavy atom. The highest BCUT2D eigenvalue weighted by Gasteiger charge is 2.16. The quantitative estimate of drug-likeness (QED) is 0.906. The van der Waals surface area contributed by atoms with Gasteiger partial charge in [-0.3, -0.25) is 4.79 Å². The van der Waals surface area contributed by atoms with E-state index in [-0.39, 0.29) is 0 Å². The Bertz CT molecular complexity index is 520. The van der Waals surface area contributed by atoms with Gasteiger partial charge in [0.1, 0.15) is 17.2 Å². The van der Waals surface area contributed by atoms with Crippen LogP contribution in [0, 0.1) is 11.6 Å². The lowest BCUT2D eigenvalue weighted by Gasteiger charge is -2.06. The highest BCUT2D eigenvalue weighted by atomic mass is 32.1.